The highest BCUT2D eigenvalue weighted by Gasteiger charge is 2.34. The van der Waals surface area contributed by atoms with Gasteiger partial charge in [-0.3, -0.25) is 14.6 Å². The smallest absolute Gasteiger partial charge is 0.304 e. The van der Waals surface area contributed by atoms with Gasteiger partial charge < -0.3 is 10.6 Å². The van der Waals surface area contributed by atoms with E-state index < -0.39 is 16.1 Å². The van der Waals surface area contributed by atoms with Gasteiger partial charge in [0.05, 0.1) is 18.8 Å². The van der Waals surface area contributed by atoms with Crippen molar-refractivity contribution < 1.29 is 18.0 Å². The van der Waals surface area contributed by atoms with Crippen molar-refractivity contribution in [1.82, 2.24) is 24.0 Å². The molecule has 2 aromatic heterocycles. The highest BCUT2D eigenvalue weighted by molar-refractivity contribution is 7.88. The van der Waals surface area contributed by atoms with Gasteiger partial charge in [0.1, 0.15) is 0 Å². The number of hydrogen-bond acceptors (Lipinski definition) is 8. The van der Waals surface area contributed by atoms with Crippen LogP contribution in [0.2, 0.25) is 0 Å². The number of hydrogen-bond donors (Lipinski definition) is 3. The molecule has 2 aromatic carbocycles. The molecule has 1 aliphatic heterocycles. The maximum Gasteiger partial charge on any atom is 0.304 e. The lowest BCUT2D eigenvalue weighted by Crippen LogP contribution is -2.31. The van der Waals surface area contributed by atoms with Crippen molar-refractivity contribution in [2.24, 2.45) is 0 Å². The fraction of sp³-hybridized carbons (Fsp3) is 0.115. The molecule has 0 bridgehead atoms. The van der Waals surface area contributed by atoms with E-state index in [1.165, 1.54) is 0 Å². The molecule has 1 fully saturated rings. The molecule has 1 aliphatic rings. The van der Waals surface area contributed by atoms with Gasteiger partial charge in [-0.05, 0) is 60.5 Å². The topological polar surface area (TPSA) is 146 Å². The van der Waals surface area contributed by atoms with Crippen molar-refractivity contribution in [2.75, 3.05) is 17.2 Å². The van der Waals surface area contributed by atoms with Crippen LogP contribution in [0.15, 0.2) is 79.3 Å². The molecule has 0 spiro atoms. The zero-order valence-corrected chi connectivity index (χ0v) is 21.1. The number of aryl methyl sites for hydroxylation is 1. The van der Waals surface area contributed by atoms with Crippen LogP contribution in [0.25, 0.3) is 11.3 Å². The molecule has 2 amide bonds. The molecular formula is C26H23N7O4S. The molecule has 1 saturated heterocycles. The van der Waals surface area contributed by atoms with E-state index in [1.807, 2.05) is 25.1 Å². The standard InChI is InChI=1S/C26H23N7O4S/c1-17-4-9-21(13-23(17)32-26-28-12-10-22(31-26)20-3-2-11-27-14-20)30-25(35)19-7-5-18(6-8-19)16-33-24(34)15-29-38(33,36)37/h2-14,29H,15-16H2,1H3,(H,30,35)(H,28,31,32). The Labute approximate surface area is 219 Å². The van der Waals surface area contributed by atoms with Gasteiger partial charge in [-0.15, -0.1) is 0 Å². The summed E-state index contributed by atoms with van der Waals surface area (Å²) in [7, 11) is -3.81. The molecule has 3 heterocycles. The number of carbonyl (C=O) groups excluding carboxylic acids is 2. The molecule has 5 rings (SSSR count). The number of anilines is 3. The number of rotatable bonds is 7. The Morgan fingerprint density at radius 2 is 1.89 bits per heavy atom. The van der Waals surface area contributed by atoms with Gasteiger partial charge in [-0.25, -0.2) is 14.3 Å². The first kappa shape index (κ1) is 25.0. The largest absolute Gasteiger partial charge is 0.324 e. The van der Waals surface area contributed by atoms with E-state index in [0.717, 1.165) is 26.8 Å². The SMILES string of the molecule is Cc1ccc(NC(=O)c2ccc(CN3C(=O)CNS3(=O)=O)cc2)cc1Nc1nccc(-c2cccnc2)n1. The van der Waals surface area contributed by atoms with Crippen LogP contribution in [-0.2, 0) is 21.5 Å². The van der Waals surface area contributed by atoms with Crippen molar-refractivity contribution in [1.29, 1.82) is 0 Å². The summed E-state index contributed by atoms with van der Waals surface area (Å²) in [5.74, 6) is -0.459. The second-order valence-electron chi connectivity index (χ2n) is 8.54. The minimum atomic E-state index is -3.81. The highest BCUT2D eigenvalue weighted by Crippen LogP contribution is 2.25. The second kappa shape index (κ2) is 10.4. The van der Waals surface area contributed by atoms with Crippen LogP contribution in [0.5, 0.6) is 0 Å². The molecule has 0 saturated carbocycles. The summed E-state index contributed by atoms with van der Waals surface area (Å²) < 4.78 is 26.8. The van der Waals surface area contributed by atoms with E-state index in [0.29, 0.717) is 22.8 Å². The Bertz CT molecular complexity index is 1610. The third kappa shape index (κ3) is 5.51. The maximum absolute atomic E-state index is 12.8. The number of carbonyl (C=O) groups is 2. The van der Waals surface area contributed by atoms with Gasteiger partial charge in [-0.2, -0.15) is 13.1 Å². The summed E-state index contributed by atoms with van der Waals surface area (Å²) >= 11 is 0. The summed E-state index contributed by atoms with van der Waals surface area (Å²) in [5.41, 5.74) is 4.78. The minimum Gasteiger partial charge on any atom is -0.324 e. The van der Waals surface area contributed by atoms with Crippen LogP contribution < -0.4 is 15.4 Å². The summed E-state index contributed by atoms with van der Waals surface area (Å²) in [6, 6.07) is 17.4. The summed E-state index contributed by atoms with van der Waals surface area (Å²) in [6.45, 7) is 1.57. The molecule has 3 N–H and O–H groups in total. The average Bonchev–Trinajstić information content (AvgIpc) is 3.18. The number of nitrogens with one attached hydrogen (secondary N) is 3. The lowest BCUT2D eigenvalue weighted by atomic mass is 10.1. The molecule has 0 aliphatic carbocycles. The molecular weight excluding hydrogens is 506 g/mol. The summed E-state index contributed by atoms with van der Waals surface area (Å²) in [5, 5.41) is 6.07. The van der Waals surface area contributed by atoms with Gasteiger partial charge in [0.2, 0.25) is 5.95 Å². The van der Waals surface area contributed by atoms with Crippen molar-refractivity contribution in [3.8, 4) is 11.3 Å². The van der Waals surface area contributed by atoms with Gasteiger partial charge in [-0.1, -0.05) is 18.2 Å². The number of benzene rings is 2. The molecule has 12 heteroatoms. The third-order valence-corrected chi connectivity index (χ3v) is 7.29. The monoisotopic (exact) mass is 529 g/mol. The summed E-state index contributed by atoms with van der Waals surface area (Å²) in [6.07, 6.45) is 5.08. The number of nitrogens with zero attached hydrogens (tertiary/aromatic N) is 4. The lowest BCUT2D eigenvalue weighted by Gasteiger charge is -2.14. The maximum atomic E-state index is 12.8. The van der Waals surface area contributed by atoms with Gasteiger partial charge in [0, 0.05) is 41.1 Å². The van der Waals surface area contributed by atoms with Crippen molar-refractivity contribution in [3.05, 3.63) is 95.9 Å². The van der Waals surface area contributed by atoms with Crippen LogP contribution in [-0.4, -0.2) is 46.0 Å². The van der Waals surface area contributed by atoms with Crippen LogP contribution in [0.4, 0.5) is 17.3 Å². The Kier molecular flexibility index (Phi) is 6.81. The molecule has 11 nitrogen and oxygen atoms in total. The first-order valence-electron chi connectivity index (χ1n) is 11.6. The average molecular weight is 530 g/mol. The predicted molar refractivity (Wildman–Crippen MR) is 142 cm³/mol. The molecule has 0 atom stereocenters. The predicted octanol–water partition coefficient (Wildman–Crippen LogP) is 3.02. The van der Waals surface area contributed by atoms with Crippen LogP contribution in [0.1, 0.15) is 21.5 Å². The molecule has 0 radical (unpaired) electrons. The Hall–Kier alpha value is -4.68. The van der Waals surface area contributed by atoms with Crippen molar-refractivity contribution >= 4 is 39.3 Å². The van der Waals surface area contributed by atoms with Gasteiger partial charge >= 0.3 is 10.2 Å². The zero-order chi connectivity index (χ0) is 26.7. The van der Waals surface area contributed by atoms with Crippen LogP contribution in [0, 0.1) is 6.92 Å². The molecule has 0 unspecified atom stereocenters. The highest BCUT2D eigenvalue weighted by atomic mass is 32.2. The van der Waals surface area contributed by atoms with E-state index in [-0.39, 0.29) is 19.0 Å². The molecule has 192 valence electrons. The Balaban J connectivity index is 1.27. The van der Waals surface area contributed by atoms with Crippen LogP contribution >= 0.6 is 0 Å². The fourth-order valence-corrected chi connectivity index (χ4v) is 4.92. The van der Waals surface area contributed by atoms with E-state index in [9.17, 15) is 18.0 Å². The molecule has 38 heavy (non-hydrogen) atoms. The normalized spacial score (nSPS) is 14.3. The van der Waals surface area contributed by atoms with E-state index >= 15 is 0 Å². The third-order valence-electron chi connectivity index (χ3n) is 5.87. The first-order chi connectivity index (χ1) is 18.3. The van der Waals surface area contributed by atoms with Gasteiger partial charge in [0.15, 0.2) is 0 Å². The number of pyridine rings is 1. The molecule has 4 aromatic rings. The minimum absolute atomic E-state index is 0.104. The van der Waals surface area contributed by atoms with E-state index in [4.69, 9.17) is 0 Å². The second-order valence-corrected chi connectivity index (χ2v) is 10.2. The quantitative estimate of drug-likeness (QED) is 0.331. The Morgan fingerprint density at radius 3 is 2.61 bits per heavy atom. The van der Waals surface area contributed by atoms with Crippen molar-refractivity contribution in [2.45, 2.75) is 13.5 Å². The summed E-state index contributed by atoms with van der Waals surface area (Å²) in [4.78, 5) is 37.7. The first-order valence-corrected chi connectivity index (χ1v) is 13.0. The van der Waals surface area contributed by atoms with Crippen LogP contribution in [0.3, 0.4) is 0 Å². The Morgan fingerprint density at radius 1 is 1.08 bits per heavy atom. The lowest BCUT2D eigenvalue weighted by molar-refractivity contribution is -0.124. The fourth-order valence-electron chi connectivity index (χ4n) is 3.81. The number of aromatic nitrogens is 3. The van der Waals surface area contributed by atoms with Crippen molar-refractivity contribution in [3.63, 3.8) is 0 Å². The van der Waals surface area contributed by atoms with E-state index in [1.54, 1.807) is 61.1 Å². The van der Waals surface area contributed by atoms with Gasteiger partial charge in [0.25, 0.3) is 11.8 Å². The zero-order valence-electron chi connectivity index (χ0n) is 20.2. The van der Waals surface area contributed by atoms with E-state index in [2.05, 4.69) is 30.3 Å². The number of amides is 2.